The van der Waals surface area contributed by atoms with Crippen molar-refractivity contribution in [1.29, 1.82) is 0 Å². The van der Waals surface area contributed by atoms with Crippen LogP contribution >= 0.6 is 12.2 Å². The number of ether oxygens (including phenoxy) is 1. The first-order chi connectivity index (χ1) is 7.97. The molecule has 0 aliphatic rings. The number of hydrogen-bond donors (Lipinski definition) is 3. The zero-order chi connectivity index (χ0) is 13.3. The SMILES string of the molecule is CCOCCC(=O)NNC(=S)NC(=O)C(C)C. The van der Waals surface area contributed by atoms with E-state index in [-0.39, 0.29) is 29.3 Å². The molecule has 98 valence electrons. The van der Waals surface area contributed by atoms with Crippen LogP contribution in [0.25, 0.3) is 0 Å². The molecule has 3 N–H and O–H groups in total. The fraction of sp³-hybridized carbons (Fsp3) is 0.700. The first-order valence-electron chi connectivity index (χ1n) is 5.44. The van der Waals surface area contributed by atoms with E-state index < -0.39 is 0 Å². The van der Waals surface area contributed by atoms with Crippen molar-refractivity contribution in [3.05, 3.63) is 0 Å². The fourth-order valence-electron chi connectivity index (χ4n) is 0.786. The number of nitrogens with one attached hydrogen (secondary N) is 3. The quantitative estimate of drug-likeness (QED) is 0.371. The van der Waals surface area contributed by atoms with Crippen molar-refractivity contribution in [2.24, 2.45) is 5.92 Å². The van der Waals surface area contributed by atoms with Crippen LogP contribution in [0.3, 0.4) is 0 Å². The van der Waals surface area contributed by atoms with Gasteiger partial charge in [0.15, 0.2) is 5.11 Å². The lowest BCUT2D eigenvalue weighted by molar-refractivity contribution is -0.124. The molecule has 7 heteroatoms. The van der Waals surface area contributed by atoms with Gasteiger partial charge in [0.25, 0.3) is 0 Å². The van der Waals surface area contributed by atoms with Crippen molar-refractivity contribution in [2.45, 2.75) is 27.2 Å². The van der Waals surface area contributed by atoms with Crippen molar-refractivity contribution in [1.82, 2.24) is 16.2 Å². The first-order valence-corrected chi connectivity index (χ1v) is 5.85. The minimum absolute atomic E-state index is 0.0773. The Morgan fingerprint density at radius 1 is 1.29 bits per heavy atom. The van der Waals surface area contributed by atoms with Crippen molar-refractivity contribution in [3.63, 3.8) is 0 Å². The second-order valence-corrected chi connectivity index (χ2v) is 4.00. The van der Waals surface area contributed by atoms with Crippen LogP contribution in [-0.2, 0) is 14.3 Å². The number of thiocarbonyl (C=S) groups is 1. The van der Waals surface area contributed by atoms with Crippen LogP contribution in [0, 0.1) is 5.92 Å². The molecule has 0 saturated carbocycles. The van der Waals surface area contributed by atoms with E-state index in [0.29, 0.717) is 13.2 Å². The molecule has 17 heavy (non-hydrogen) atoms. The van der Waals surface area contributed by atoms with Gasteiger partial charge in [-0.15, -0.1) is 0 Å². The summed E-state index contributed by atoms with van der Waals surface area (Å²) in [6.45, 7) is 6.28. The molecular weight excluding hydrogens is 242 g/mol. The molecule has 0 aromatic rings. The predicted molar refractivity (Wildman–Crippen MR) is 68.0 cm³/mol. The minimum atomic E-state index is -0.250. The van der Waals surface area contributed by atoms with Gasteiger partial charge >= 0.3 is 0 Å². The maximum Gasteiger partial charge on any atom is 0.240 e. The van der Waals surface area contributed by atoms with Crippen molar-refractivity contribution >= 4 is 29.1 Å². The van der Waals surface area contributed by atoms with Gasteiger partial charge in [-0.1, -0.05) is 13.8 Å². The molecule has 0 fully saturated rings. The highest BCUT2D eigenvalue weighted by Crippen LogP contribution is 1.89. The second-order valence-electron chi connectivity index (χ2n) is 3.59. The van der Waals surface area contributed by atoms with Crippen LogP contribution < -0.4 is 16.2 Å². The Morgan fingerprint density at radius 3 is 2.47 bits per heavy atom. The highest BCUT2D eigenvalue weighted by Gasteiger charge is 2.09. The Hall–Kier alpha value is -1.21. The summed E-state index contributed by atoms with van der Waals surface area (Å²) in [5, 5.41) is 2.51. The van der Waals surface area contributed by atoms with Gasteiger partial charge in [0.05, 0.1) is 13.0 Å². The van der Waals surface area contributed by atoms with Crippen LogP contribution in [0.15, 0.2) is 0 Å². The van der Waals surface area contributed by atoms with Crippen molar-refractivity contribution in [3.8, 4) is 0 Å². The van der Waals surface area contributed by atoms with E-state index >= 15 is 0 Å². The molecule has 0 heterocycles. The van der Waals surface area contributed by atoms with E-state index in [9.17, 15) is 9.59 Å². The summed E-state index contributed by atoms with van der Waals surface area (Å²) in [5.74, 6) is -0.617. The average Bonchev–Trinajstić information content (AvgIpc) is 2.26. The van der Waals surface area contributed by atoms with E-state index in [0.717, 1.165) is 0 Å². The van der Waals surface area contributed by atoms with Crippen LogP contribution in [0.5, 0.6) is 0 Å². The van der Waals surface area contributed by atoms with Gasteiger partial charge in [-0.2, -0.15) is 0 Å². The molecule has 0 radical (unpaired) electrons. The number of amides is 2. The van der Waals surface area contributed by atoms with E-state index in [1.807, 2.05) is 6.92 Å². The van der Waals surface area contributed by atoms with Gasteiger partial charge in [-0.25, -0.2) is 0 Å². The molecule has 0 aliphatic carbocycles. The summed E-state index contributed by atoms with van der Waals surface area (Å²) in [5.41, 5.74) is 4.80. The number of carbonyl (C=O) groups excluding carboxylic acids is 2. The Labute approximate surface area is 106 Å². The minimum Gasteiger partial charge on any atom is -0.381 e. The lowest BCUT2D eigenvalue weighted by Gasteiger charge is -2.11. The summed E-state index contributed by atoms with van der Waals surface area (Å²) in [6, 6.07) is 0. The van der Waals surface area contributed by atoms with Gasteiger partial charge in [0, 0.05) is 12.5 Å². The highest BCUT2D eigenvalue weighted by molar-refractivity contribution is 7.80. The monoisotopic (exact) mass is 261 g/mol. The average molecular weight is 261 g/mol. The first kappa shape index (κ1) is 15.8. The van der Waals surface area contributed by atoms with Crippen LogP contribution in [-0.4, -0.2) is 30.1 Å². The zero-order valence-electron chi connectivity index (χ0n) is 10.3. The predicted octanol–water partition coefficient (Wildman–Crippen LogP) is 0.0909. The Morgan fingerprint density at radius 2 is 1.94 bits per heavy atom. The lowest BCUT2D eigenvalue weighted by atomic mass is 10.2. The third-order valence-corrected chi connectivity index (χ3v) is 1.96. The Bertz CT molecular complexity index is 282. The maximum atomic E-state index is 11.2. The molecule has 0 bridgehead atoms. The Kier molecular flexibility index (Phi) is 8.25. The lowest BCUT2D eigenvalue weighted by Crippen LogP contribution is -2.49. The van der Waals surface area contributed by atoms with Crippen LogP contribution in [0.2, 0.25) is 0 Å². The van der Waals surface area contributed by atoms with Crippen molar-refractivity contribution < 1.29 is 14.3 Å². The third-order valence-electron chi connectivity index (χ3n) is 1.75. The largest absolute Gasteiger partial charge is 0.381 e. The smallest absolute Gasteiger partial charge is 0.240 e. The molecular formula is C10H19N3O3S. The fourth-order valence-corrected chi connectivity index (χ4v) is 0.937. The van der Waals surface area contributed by atoms with Gasteiger partial charge in [0.2, 0.25) is 11.8 Å². The molecule has 0 saturated heterocycles. The highest BCUT2D eigenvalue weighted by atomic mass is 32.1. The van der Waals surface area contributed by atoms with Gasteiger partial charge in [-0.05, 0) is 19.1 Å². The summed E-state index contributed by atoms with van der Waals surface area (Å²) < 4.78 is 5.02. The molecule has 0 spiro atoms. The molecule has 0 unspecified atom stereocenters. The molecule has 2 amide bonds. The van der Waals surface area contributed by atoms with Crippen molar-refractivity contribution in [2.75, 3.05) is 13.2 Å². The topological polar surface area (TPSA) is 79.5 Å². The standard InChI is InChI=1S/C10H19N3O3S/c1-4-16-6-5-8(14)12-13-10(17)11-9(15)7(2)3/h7H,4-6H2,1-3H3,(H,12,14)(H2,11,13,15,17). The number of hydrogen-bond acceptors (Lipinski definition) is 4. The van der Waals surface area contributed by atoms with Crippen LogP contribution in [0.4, 0.5) is 0 Å². The second kappa shape index (κ2) is 8.89. The number of hydrazine groups is 1. The van der Waals surface area contributed by atoms with Gasteiger partial charge in [-0.3, -0.25) is 20.4 Å². The number of rotatable bonds is 5. The van der Waals surface area contributed by atoms with E-state index in [4.69, 9.17) is 17.0 Å². The third kappa shape index (κ3) is 8.58. The summed E-state index contributed by atoms with van der Waals surface area (Å²) in [4.78, 5) is 22.5. The number of carbonyl (C=O) groups is 2. The maximum absolute atomic E-state index is 11.2. The molecule has 6 nitrogen and oxygen atoms in total. The van der Waals surface area contributed by atoms with E-state index in [1.165, 1.54) is 0 Å². The van der Waals surface area contributed by atoms with Crippen LogP contribution in [0.1, 0.15) is 27.2 Å². The van der Waals surface area contributed by atoms with E-state index in [2.05, 4.69) is 16.2 Å². The molecule has 0 aliphatic heterocycles. The molecule has 0 aromatic carbocycles. The summed E-state index contributed by atoms with van der Waals surface area (Å²) >= 11 is 4.81. The molecule has 0 rings (SSSR count). The molecule has 0 aromatic heterocycles. The zero-order valence-corrected chi connectivity index (χ0v) is 11.1. The summed E-state index contributed by atoms with van der Waals surface area (Å²) in [7, 11) is 0. The van der Waals surface area contributed by atoms with E-state index in [1.54, 1.807) is 13.8 Å². The summed E-state index contributed by atoms with van der Waals surface area (Å²) in [6.07, 6.45) is 0.238. The van der Waals surface area contributed by atoms with Gasteiger partial charge < -0.3 is 10.1 Å². The molecule has 0 atom stereocenters. The normalized spacial score (nSPS) is 9.88. The van der Waals surface area contributed by atoms with Gasteiger partial charge in [0.1, 0.15) is 0 Å². The Balaban J connectivity index is 3.69.